The molecular weight excluding hydrogens is 270 g/mol. The number of benzene rings is 2. The number of carbonyl (C=O) groups excluding carboxylic acids is 1. The number of nitrogens with zero attached hydrogens (tertiary/aromatic N) is 1. The number of hydrogen-bond acceptors (Lipinski definition) is 1. The summed E-state index contributed by atoms with van der Waals surface area (Å²) in [6.07, 6.45) is 4.08. The number of carbonyl (C=O) groups is 1. The summed E-state index contributed by atoms with van der Waals surface area (Å²) in [5.74, 6) is 0.266. The summed E-state index contributed by atoms with van der Waals surface area (Å²) in [4.78, 5) is 14.3. The van der Waals surface area contributed by atoms with Crippen LogP contribution in [0.25, 0.3) is 11.1 Å². The van der Waals surface area contributed by atoms with Crippen LogP contribution in [0.2, 0.25) is 0 Å². The van der Waals surface area contributed by atoms with Gasteiger partial charge in [-0.1, -0.05) is 54.1 Å². The standard InChI is InChI=1S/C20H23NO/c1-16-5-9-18(10-6-16)19-11-7-17(8-12-19)15-20(22)21-13-3-2-4-14-21/h5-12H,2-4,13-15H2,1H3. The second-order valence-electron chi connectivity index (χ2n) is 6.18. The molecular formula is C20H23NO. The van der Waals surface area contributed by atoms with E-state index in [1.54, 1.807) is 0 Å². The second-order valence-corrected chi connectivity index (χ2v) is 6.18. The number of rotatable bonds is 3. The van der Waals surface area contributed by atoms with E-state index in [4.69, 9.17) is 0 Å². The van der Waals surface area contributed by atoms with E-state index in [0.29, 0.717) is 6.42 Å². The predicted molar refractivity (Wildman–Crippen MR) is 90.8 cm³/mol. The molecule has 2 aromatic carbocycles. The third-order valence-electron chi connectivity index (χ3n) is 4.40. The molecule has 0 bridgehead atoms. The largest absolute Gasteiger partial charge is 0.342 e. The van der Waals surface area contributed by atoms with Crippen LogP contribution in [-0.4, -0.2) is 23.9 Å². The van der Waals surface area contributed by atoms with E-state index >= 15 is 0 Å². The minimum atomic E-state index is 0.266. The van der Waals surface area contributed by atoms with Gasteiger partial charge in [-0.25, -0.2) is 0 Å². The van der Waals surface area contributed by atoms with E-state index in [1.807, 2.05) is 4.90 Å². The van der Waals surface area contributed by atoms with Crippen molar-refractivity contribution in [3.05, 3.63) is 59.7 Å². The molecule has 1 fully saturated rings. The lowest BCUT2D eigenvalue weighted by Gasteiger charge is -2.26. The Morgan fingerprint density at radius 1 is 0.864 bits per heavy atom. The molecule has 114 valence electrons. The summed E-state index contributed by atoms with van der Waals surface area (Å²) in [6, 6.07) is 16.9. The van der Waals surface area contributed by atoms with Crippen LogP contribution in [0.4, 0.5) is 0 Å². The highest BCUT2D eigenvalue weighted by molar-refractivity contribution is 5.79. The van der Waals surface area contributed by atoms with Crippen molar-refractivity contribution in [2.75, 3.05) is 13.1 Å². The number of hydrogen-bond donors (Lipinski definition) is 0. The number of likely N-dealkylation sites (tertiary alicyclic amines) is 1. The van der Waals surface area contributed by atoms with Gasteiger partial charge in [0.25, 0.3) is 0 Å². The summed E-state index contributed by atoms with van der Waals surface area (Å²) in [5, 5.41) is 0. The maximum atomic E-state index is 12.3. The Kier molecular flexibility index (Phi) is 4.57. The van der Waals surface area contributed by atoms with E-state index in [2.05, 4.69) is 55.5 Å². The lowest BCUT2D eigenvalue weighted by atomic mass is 10.0. The highest BCUT2D eigenvalue weighted by atomic mass is 16.2. The van der Waals surface area contributed by atoms with Gasteiger partial charge < -0.3 is 4.90 Å². The normalized spacial score (nSPS) is 14.9. The highest BCUT2D eigenvalue weighted by Gasteiger charge is 2.16. The first kappa shape index (κ1) is 14.8. The zero-order chi connectivity index (χ0) is 15.4. The number of piperidine rings is 1. The minimum absolute atomic E-state index is 0.266. The van der Waals surface area contributed by atoms with E-state index in [1.165, 1.54) is 23.1 Å². The molecule has 22 heavy (non-hydrogen) atoms. The zero-order valence-corrected chi connectivity index (χ0v) is 13.2. The molecule has 0 spiro atoms. The third-order valence-corrected chi connectivity index (χ3v) is 4.40. The summed E-state index contributed by atoms with van der Waals surface area (Å²) in [5.41, 5.74) is 4.80. The average Bonchev–Trinajstić information content (AvgIpc) is 2.57. The molecule has 0 radical (unpaired) electrons. The molecule has 3 rings (SSSR count). The topological polar surface area (TPSA) is 20.3 Å². The van der Waals surface area contributed by atoms with Crippen LogP contribution in [0.15, 0.2) is 48.5 Å². The van der Waals surface area contributed by atoms with Crippen LogP contribution in [-0.2, 0) is 11.2 Å². The zero-order valence-electron chi connectivity index (χ0n) is 13.2. The molecule has 2 aromatic rings. The fourth-order valence-corrected chi connectivity index (χ4v) is 2.99. The van der Waals surface area contributed by atoms with E-state index in [-0.39, 0.29) is 5.91 Å². The van der Waals surface area contributed by atoms with Crippen molar-refractivity contribution in [2.45, 2.75) is 32.6 Å². The summed E-state index contributed by atoms with van der Waals surface area (Å²) in [6.45, 7) is 3.96. The first-order valence-corrected chi connectivity index (χ1v) is 8.16. The lowest BCUT2D eigenvalue weighted by Crippen LogP contribution is -2.36. The Bertz CT molecular complexity index is 622. The van der Waals surface area contributed by atoms with Crippen molar-refractivity contribution in [3.8, 4) is 11.1 Å². The quantitative estimate of drug-likeness (QED) is 0.830. The van der Waals surface area contributed by atoms with Gasteiger partial charge in [-0.05, 0) is 42.9 Å². The van der Waals surface area contributed by atoms with Crippen LogP contribution in [0.3, 0.4) is 0 Å². The van der Waals surface area contributed by atoms with Gasteiger partial charge in [0, 0.05) is 13.1 Å². The Labute approximate surface area is 132 Å². The summed E-state index contributed by atoms with van der Waals surface area (Å²) in [7, 11) is 0. The van der Waals surface area contributed by atoms with Gasteiger partial charge >= 0.3 is 0 Å². The van der Waals surface area contributed by atoms with Gasteiger partial charge in [0.2, 0.25) is 5.91 Å². The highest BCUT2D eigenvalue weighted by Crippen LogP contribution is 2.21. The lowest BCUT2D eigenvalue weighted by molar-refractivity contribution is -0.131. The third kappa shape index (κ3) is 3.56. The number of amides is 1. The molecule has 1 heterocycles. The van der Waals surface area contributed by atoms with Crippen molar-refractivity contribution < 1.29 is 4.79 Å². The molecule has 0 atom stereocenters. The predicted octanol–water partition coefficient (Wildman–Crippen LogP) is 4.22. The van der Waals surface area contributed by atoms with Crippen molar-refractivity contribution in [3.63, 3.8) is 0 Å². The van der Waals surface area contributed by atoms with Gasteiger partial charge in [0.05, 0.1) is 6.42 Å². The van der Waals surface area contributed by atoms with Crippen molar-refractivity contribution in [1.82, 2.24) is 4.90 Å². The fraction of sp³-hybridized carbons (Fsp3) is 0.350. The monoisotopic (exact) mass is 293 g/mol. The molecule has 0 unspecified atom stereocenters. The number of aryl methyl sites for hydroxylation is 1. The van der Waals surface area contributed by atoms with E-state index in [0.717, 1.165) is 31.5 Å². The van der Waals surface area contributed by atoms with Crippen LogP contribution in [0.5, 0.6) is 0 Å². The van der Waals surface area contributed by atoms with Gasteiger partial charge in [-0.3, -0.25) is 4.79 Å². The molecule has 1 aliphatic heterocycles. The molecule has 2 heteroatoms. The Morgan fingerprint density at radius 2 is 1.41 bits per heavy atom. The first-order chi connectivity index (χ1) is 10.7. The summed E-state index contributed by atoms with van der Waals surface area (Å²) >= 11 is 0. The SMILES string of the molecule is Cc1ccc(-c2ccc(CC(=O)N3CCCCC3)cc2)cc1. The van der Waals surface area contributed by atoms with E-state index in [9.17, 15) is 4.79 Å². The van der Waals surface area contributed by atoms with Crippen molar-refractivity contribution >= 4 is 5.91 Å². The van der Waals surface area contributed by atoms with E-state index < -0.39 is 0 Å². The average molecular weight is 293 g/mol. The Balaban J connectivity index is 1.66. The van der Waals surface area contributed by atoms with Crippen LogP contribution >= 0.6 is 0 Å². The minimum Gasteiger partial charge on any atom is -0.342 e. The summed E-state index contributed by atoms with van der Waals surface area (Å²) < 4.78 is 0. The van der Waals surface area contributed by atoms with Crippen LogP contribution in [0, 0.1) is 6.92 Å². The van der Waals surface area contributed by atoms with Crippen LogP contribution < -0.4 is 0 Å². The molecule has 0 aromatic heterocycles. The van der Waals surface area contributed by atoms with Gasteiger partial charge in [0.1, 0.15) is 0 Å². The molecule has 2 nitrogen and oxygen atoms in total. The Hall–Kier alpha value is -2.09. The molecule has 0 N–H and O–H groups in total. The molecule has 1 amide bonds. The second kappa shape index (κ2) is 6.78. The smallest absolute Gasteiger partial charge is 0.226 e. The molecule has 0 saturated carbocycles. The van der Waals surface area contributed by atoms with Crippen molar-refractivity contribution in [1.29, 1.82) is 0 Å². The molecule has 1 saturated heterocycles. The maximum Gasteiger partial charge on any atom is 0.226 e. The first-order valence-electron chi connectivity index (χ1n) is 8.16. The fourth-order valence-electron chi connectivity index (χ4n) is 2.99. The maximum absolute atomic E-state index is 12.3. The van der Waals surface area contributed by atoms with Crippen LogP contribution in [0.1, 0.15) is 30.4 Å². The molecule has 0 aliphatic carbocycles. The Morgan fingerprint density at radius 3 is 2.00 bits per heavy atom. The molecule has 1 aliphatic rings. The van der Waals surface area contributed by atoms with Gasteiger partial charge in [-0.15, -0.1) is 0 Å². The van der Waals surface area contributed by atoms with Gasteiger partial charge in [-0.2, -0.15) is 0 Å². The van der Waals surface area contributed by atoms with Crippen molar-refractivity contribution in [2.24, 2.45) is 0 Å². The van der Waals surface area contributed by atoms with Gasteiger partial charge in [0.15, 0.2) is 0 Å².